The van der Waals surface area contributed by atoms with Crippen LogP contribution in [0.4, 0.5) is 27.4 Å². The number of amides is 1. The molecule has 1 aromatic heterocycles. The SMILES string of the molecule is C=CNc1cnc(NC2CCOC2)nc1C(N)=Nc1cc(C(=O)Nc2cccc(C(C)(C)N)c2)ccc1F. The van der Waals surface area contributed by atoms with E-state index in [1.54, 1.807) is 18.2 Å². The summed E-state index contributed by atoms with van der Waals surface area (Å²) >= 11 is 0. The molecule has 11 heteroatoms. The minimum atomic E-state index is -0.648. The summed E-state index contributed by atoms with van der Waals surface area (Å²) in [6, 6.07) is 11.2. The van der Waals surface area contributed by atoms with Crippen LogP contribution in [0.2, 0.25) is 0 Å². The molecule has 1 saturated heterocycles. The van der Waals surface area contributed by atoms with Crippen LogP contribution in [-0.2, 0) is 10.3 Å². The number of hydrogen-bond acceptors (Lipinski definition) is 8. The molecule has 0 radical (unpaired) electrons. The van der Waals surface area contributed by atoms with Crippen LogP contribution >= 0.6 is 0 Å². The quantitative estimate of drug-likeness (QED) is 0.211. The van der Waals surface area contributed by atoms with E-state index in [1.807, 2.05) is 19.9 Å². The van der Waals surface area contributed by atoms with Gasteiger partial charge in [-0.2, -0.15) is 0 Å². The number of ether oxygens (including phenoxy) is 1. The first-order valence-corrected chi connectivity index (χ1v) is 12.1. The highest BCUT2D eigenvalue weighted by Crippen LogP contribution is 2.24. The van der Waals surface area contributed by atoms with Gasteiger partial charge in [0.15, 0.2) is 5.84 Å². The standard InChI is InChI=1S/C27H31FN8O2/c1-4-31-22-14-32-26(34-19-10-11-38-15-19)36-23(22)24(29)35-21-12-16(8-9-20(21)28)25(37)33-18-7-5-6-17(13-18)27(2,3)30/h4-9,12-14,19,31H,1,10-11,15,30H2,2-3H3,(H2,29,35)(H,33,37)(H,32,34,36). The maximum Gasteiger partial charge on any atom is 0.255 e. The van der Waals surface area contributed by atoms with E-state index in [0.717, 1.165) is 18.1 Å². The zero-order valence-corrected chi connectivity index (χ0v) is 21.3. The third kappa shape index (κ3) is 6.50. The third-order valence-corrected chi connectivity index (χ3v) is 5.87. The first-order chi connectivity index (χ1) is 18.1. The number of carbonyl (C=O) groups is 1. The zero-order valence-electron chi connectivity index (χ0n) is 21.3. The molecule has 3 aromatic rings. The first kappa shape index (κ1) is 26.7. The molecule has 0 saturated carbocycles. The molecule has 198 valence electrons. The Kier molecular flexibility index (Phi) is 7.99. The molecular formula is C27H31FN8O2. The third-order valence-electron chi connectivity index (χ3n) is 5.87. The van der Waals surface area contributed by atoms with Crippen LogP contribution in [-0.4, -0.2) is 41.0 Å². The smallest absolute Gasteiger partial charge is 0.255 e. The summed E-state index contributed by atoms with van der Waals surface area (Å²) in [4.78, 5) is 25.9. The molecule has 0 spiro atoms. The normalized spacial score (nSPS) is 15.7. The van der Waals surface area contributed by atoms with Gasteiger partial charge in [-0.15, -0.1) is 0 Å². The molecule has 1 unspecified atom stereocenters. The Balaban J connectivity index is 1.60. The van der Waals surface area contributed by atoms with Gasteiger partial charge in [0.05, 0.1) is 24.5 Å². The van der Waals surface area contributed by atoms with Crippen LogP contribution in [0.25, 0.3) is 0 Å². The van der Waals surface area contributed by atoms with Crippen molar-refractivity contribution in [2.75, 3.05) is 29.2 Å². The van der Waals surface area contributed by atoms with Crippen molar-refractivity contribution < 1.29 is 13.9 Å². The van der Waals surface area contributed by atoms with E-state index >= 15 is 0 Å². The zero-order chi connectivity index (χ0) is 27.3. The number of nitrogens with one attached hydrogen (secondary N) is 3. The Morgan fingerprint density at radius 3 is 2.82 bits per heavy atom. The highest BCUT2D eigenvalue weighted by molar-refractivity contribution is 6.05. The van der Waals surface area contributed by atoms with E-state index in [0.29, 0.717) is 30.5 Å². The van der Waals surface area contributed by atoms with E-state index in [9.17, 15) is 9.18 Å². The van der Waals surface area contributed by atoms with Gasteiger partial charge in [0.1, 0.15) is 17.2 Å². The van der Waals surface area contributed by atoms with Gasteiger partial charge < -0.3 is 32.2 Å². The Labute approximate surface area is 220 Å². The number of nitrogens with two attached hydrogens (primary N) is 2. The summed E-state index contributed by atoms with van der Waals surface area (Å²) in [6.45, 7) is 8.60. The number of halogens is 1. The van der Waals surface area contributed by atoms with Crippen LogP contribution in [0, 0.1) is 5.82 Å². The lowest BCUT2D eigenvalue weighted by Gasteiger charge is -2.20. The number of carbonyl (C=O) groups excluding carboxylic acids is 1. The predicted octanol–water partition coefficient (Wildman–Crippen LogP) is 3.86. The van der Waals surface area contributed by atoms with Gasteiger partial charge in [-0.05, 0) is 62.4 Å². The van der Waals surface area contributed by atoms with Crippen LogP contribution in [0.15, 0.2) is 66.4 Å². The van der Waals surface area contributed by atoms with Gasteiger partial charge >= 0.3 is 0 Å². The van der Waals surface area contributed by atoms with E-state index < -0.39 is 17.3 Å². The summed E-state index contributed by atoms with van der Waals surface area (Å²) in [5.41, 5.74) is 14.0. The second-order valence-corrected chi connectivity index (χ2v) is 9.43. The lowest BCUT2D eigenvalue weighted by molar-refractivity contribution is 0.102. The summed E-state index contributed by atoms with van der Waals surface area (Å²) in [7, 11) is 0. The van der Waals surface area contributed by atoms with E-state index in [2.05, 4.69) is 37.5 Å². The fourth-order valence-corrected chi connectivity index (χ4v) is 3.82. The van der Waals surface area contributed by atoms with Crippen molar-refractivity contribution in [3.63, 3.8) is 0 Å². The molecule has 1 atom stereocenters. The Bertz CT molecular complexity index is 1360. The van der Waals surface area contributed by atoms with Crippen molar-refractivity contribution in [3.05, 3.63) is 84.1 Å². The molecule has 4 rings (SSSR count). The fraction of sp³-hybridized carbons (Fsp3) is 0.259. The molecule has 0 bridgehead atoms. The van der Waals surface area contributed by atoms with E-state index in [-0.39, 0.29) is 28.8 Å². The second kappa shape index (κ2) is 11.4. The van der Waals surface area contributed by atoms with Crippen LogP contribution in [0.1, 0.15) is 41.9 Å². The Hall–Kier alpha value is -4.35. The van der Waals surface area contributed by atoms with E-state index in [4.69, 9.17) is 16.2 Å². The predicted molar refractivity (Wildman–Crippen MR) is 147 cm³/mol. The number of amidine groups is 1. The lowest BCUT2D eigenvalue weighted by Crippen LogP contribution is -2.28. The van der Waals surface area contributed by atoms with Crippen molar-refractivity contribution in [3.8, 4) is 0 Å². The average Bonchev–Trinajstić information content (AvgIpc) is 3.39. The van der Waals surface area contributed by atoms with Crippen molar-refractivity contribution >= 4 is 34.8 Å². The van der Waals surface area contributed by atoms with Crippen LogP contribution < -0.4 is 27.4 Å². The summed E-state index contributed by atoms with van der Waals surface area (Å²) in [5.74, 6) is -0.824. The number of nitrogens with zero attached hydrogens (tertiary/aromatic N) is 3. The van der Waals surface area contributed by atoms with Gasteiger partial charge in [-0.3, -0.25) is 4.79 Å². The molecule has 2 heterocycles. The molecule has 38 heavy (non-hydrogen) atoms. The van der Waals surface area contributed by atoms with Gasteiger partial charge in [-0.1, -0.05) is 18.7 Å². The maximum absolute atomic E-state index is 14.7. The molecule has 10 nitrogen and oxygen atoms in total. The number of benzene rings is 2. The van der Waals surface area contributed by atoms with Gasteiger partial charge in [-0.25, -0.2) is 19.4 Å². The molecule has 1 aliphatic rings. The lowest BCUT2D eigenvalue weighted by atomic mass is 9.95. The summed E-state index contributed by atoms with van der Waals surface area (Å²) < 4.78 is 20.1. The Morgan fingerprint density at radius 1 is 1.29 bits per heavy atom. The van der Waals surface area contributed by atoms with Crippen LogP contribution in [0.5, 0.6) is 0 Å². The highest BCUT2D eigenvalue weighted by Gasteiger charge is 2.19. The van der Waals surface area contributed by atoms with Crippen LogP contribution in [0.3, 0.4) is 0 Å². The largest absolute Gasteiger partial charge is 0.382 e. The number of anilines is 3. The van der Waals surface area contributed by atoms with Gasteiger partial charge in [0, 0.05) is 23.4 Å². The average molecular weight is 519 g/mol. The molecular weight excluding hydrogens is 487 g/mol. The topological polar surface area (TPSA) is 153 Å². The number of rotatable bonds is 9. The van der Waals surface area contributed by atoms with Gasteiger partial charge in [0.25, 0.3) is 5.91 Å². The Morgan fingerprint density at radius 2 is 2.11 bits per heavy atom. The number of aromatic nitrogens is 2. The maximum atomic E-state index is 14.7. The highest BCUT2D eigenvalue weighted by atomic mass is 19.1. The minimum absolute atomic E-state index is 0.0724. The van der Waals surface area contributed by atoms with Crippen molar-refractivity contribution in [1.29, 1.82) is 0 Å². The van der Waals surface area contributed by atoms with E-state index in [1.165, 1.54) is 24.5 Å². The van der Waals surface area contributed by atoms with Gasteiger partial charge in [0.2, 0.25) is 5.95 Å². The number of aliphatic imine (C=N–C) groups is 1. The summed E-state index contributed by atoms with van der Waals surface area (Å²) in [5, 5.41) is 8.92. The van der Waals surface area contributed by atoms with Crippen molar-refractivity contribution in [2.45, 2.75) is 31.8 Å². The monoisotopic (exact) mass is 518 g/mol. The molecule has 1 fully saturated rings. The summed E-state index contributed by atoms with van der Waals surface area (Å²) in [6.07, 6.45) is 3.80. The molecule has 1 amide bonds. The number of hydrogen-bond donors (Lipinski definition) is 5. The minimum Gasteiger partial charge on any atom is -0.382 e. The second-order valence-electron chi connectivity index (χ2n) is 9.43. The van der Waals surface area contributed by atoms with Crippen molar-refractivity contribution in [2.24, 2.45) is 16.5 Å². The molecule has 1 aliphatic heterocycles. The molecule has 2 aromatic carbocycles. The first-order valence-electron chi connectivity index (χ1n) is 12.1. The van der Waals surface area contributed by atoms with Crippen molar-refractivity contribution in [1.82, 2.24) is 9.97 Å². The fourth-order valence-electron chi connectivity index (χ4n) is 3.82. The molecule has 7 N–H and O–H groups in total. The molecule has 0 aliphatic carbocycles.